The highest BCUT2D eigenvalue weighted by molar-refractivity contribution is 5.95. The Morgan fingerprint density at radius 2 is 2.33 bits per heavy atom. The summed E-state index contributed by atoms with van der Waals surface area (Å²) in [6, 6.07) is -0.0287. The molecule has 4 nitrogen and oxygen atoms in total. The van der Waals surface area contributed by atoms with Crippen LogP contribution in [-0.4, -0.2) is 35.7 Å². The zero-order valence-electron chi connectivity index (χ0n) is 8.74. The van der Waals surface area contributed by atoms with E-state index in [1.54, 1.807) is 11.1 Å². The van der Waals surface area contributed by atoms with Gasteiger partial charge in [-0.25, -0.2) is 0 Å². The van der Waals surface area contributed by atoms with Gasteiger partial charge in [0.1, 0.15) is 0 Å². The molecule has 2 fully saturated rings. The molecule has 82 valence electrons. The first-order valence-electron chi connectivity index (χ1n) is 5.52. The predicted molar refractivity (Wildman–Crippen MR) is 56.1 cm³/mol. The number of rotatable bonds is 3. The van der Waals surface area contributed by atoms with Crippen molar-refractivity contribution in [1.29, 1.82) is 0 Å². The molecule has 0 radical (unpaired) electrons. The van der Waals surface area contributed by atoms with E-state index in [1.807, 2.05) is 0 Å². The third-order valence-electron chi connectivity index (χ3n) is 2.93. The molecule has 0 aromatic heterocycles. The van der Waals surface area contributed by atoms with E-state index in [4.69, 9.17) is 0 Å². The van der Waals surface area contributed by atoms with Crippen LogP contribution in [0.15, 0.2) is 12.3 Å². The van der Waals surface area contributed by atoms with Crippen molar-refractivity contribution in [3.63, 3.8) is 0 Å². The Balaban J connectivity index is 1.87. The first-order chi connectivity index (χ1) is 7.27. The lowest BCUT2D eigenvalue weighted by Crippen LogP contribution is -2.29. The van der Waals surface area contributed by atoms with Crippen molar-refractivity contribution in [3.05, 3.63) is 12.3 Å². The maximum atomic E-state index is 11.6. The Morgan fingerprint density at radius 3 is 2.93 bits per heavy atom. The van der Waals surface area contributed by atoms with Crippen molar-refractivity contribution in [1.82, 2.24) is 10.2 Å². The number of hydrogen-bond donors (Lipinski definition) is 1. The number of carbonyl (C=O) groups is 2. The average Bonchev–Trinajstić information content (AvgIpc) is 2.85. The van der Waals surface area contributed by atoms with Crippen LogP contribution in [0, 0.1) is 0 Å². The topological polar surface area (TPSA) is 49.4 Å². The van der Waals surface area contributed by atoms with E-state index in [2.05, 4.69) is 5.32 Å². The molecule has 0 aromatic rings. The summed E-state index contributed by atoms with van der Waals surface area (Å²) < 4.78 is 0. The first kappa shape index (κ1) is 10.4. The fourth-order valence-corrected chi connectivity index (χ4v) is 2.03. The molecule has 0 unspecified atom stereocenters. The third kappa shape index (κ3) is 2.45. The summed E-state index contributed by atoms with van der Waals surface area (Å²) in [7, 11) is 0. The van der Waals surface area contributed by atoms with Gasteiger partial charge in [0, 0.05) is 19.2 Å². The monoisotopic (exact) mass is 208 g/mol. The lowest BCUT2D eigenvalue weighted by molar-refractivity contribution is -0.125. The quantitative estimate of drug-likeness (QED) is 0.685. The molecular formula is C11H16N2O2. The van der Waals surface area contributed by atoms with Crippen LogP contribution >= 0.6 is 0 Å². The second kappa shape index (κ2) is 4.57. The zero-order chi connectivity index (χ0) is 10.7. The molecule has 0 aliphatic carbocycles. The molecule has 0 saturated carbocycles. The predicted octanol–water partition coefficient (Wildman–Crippen LogP) is 0.444. The van der Waals surface area contributed by atoms with Crippen molar-refractivity contribution >= 4 is 11.7 Å². The highest BCUT2D eigenvalue weighted by Gasteiger charge is 2.21. The van der Waals surface area contributed by atoms with Crippen molar-refractivity contribution in [2.45, 2.75) is 31.7 Å². The molecule has 2 heterocycles. The average molecular weight is 208 g/mol. The number of ketones is 1. The number of carbonyl (C=O) groups excluding carboxylic acids is 2. The summed E-state index contributed by atoms with van der Waals surface area (Å²) in [5, 5.41) is 3.14. The van der Waals surface area contributed by atoms with Gasteiger partial charge < -0.3 is 10.2 Å². The number of hydrogen-bond acceptors (Lipinski definition) is 3. The first-order valence-corrected chi connectivity index (χ1v) is 5.52. The lowest BCUT2D eigenvalue weighted by atomic mass is 10.1. The molecule has 2 saturated heterocycles. The van der Waals surface area contributed by atoms with Crippen LogP contribution in [0.1, 0.15) is 25.7 Å². The Hall–Kier alpha value is -1.16. The highest BCUT2D eigenvalue weighted by atomic mass is 16.2. The Kier molecular flexibility index (Phi) is 3.16. The molecule has 1 N–H and O–H groups in total. The number of nitrogens with one attached hydrogen (secondary N) is 1. The van der Waals surface area contributed by atoms with E-state index >= 15 is 0 Å². The third-order valence-corrected chi connectivity index (χ3v) is 2.93. The maximum absolute atomic E-state index is 11.6. The van der Waals surface area contributed by atoms with E-state index < -0.39 is 0 Å². The van der Waals surface area contributed by atoms with Crippen molar-refractivity contribution in [3.8, 4) is 0 Å². The van der Waals surface area contributed by atoms with E-state index in [9.17, 15) is 9.59 Å². The molecule has 15 heavy (non-hydrogen) atoms. The highest BCUT2D eigenvalue weighted by Crippen LogP contribution is 2.11. The molecule has 0 spiro atoms. The number of nitrogens with zero attached hydrogens (tertiary/aromatic N) is 1. The van der Waals surface area contributed by atoms with Crippen LogP contribution < -0.4 is 5.32 Å². The minimum absolute atomic E-state index is 0.0287. The van der Waals surface area contributed by atoms with Crippen molar-refractivity contribution < 1.29 is 9.59 Å². The molecule has 2 rings (SSSR count). The Morgan fingerprint density at radius 1 is 1.47 bits per heavy atom. The van der Waals surface area contributed by atoms with Crippen molar-refractivity contribution in [2.75, 3.05) is 13.1 Å². The minimum Gasteiger partial charge on any atom is -0.319 e. The zero-order valence-corrected chi connectivity index (χ0v) is 8.74. The summed E-state index contributed by atoms with van der Waals surface area (Å²) in [6.07, 6.45) is 6.66. The van der Waals surface area contributed by atoms with Crippen LogP contribution in [0.5, 0.6) is 0 Å². The van der Waals surface area contributed by atoms with Gasteiger partial charge in [0.15, 0.2) is 5.78 Å². The van der Waals surface area contributed by atoms with Gasteiger partial charge in [-0.3, -0.25) is 9.59 Å². The van der Waals surface area contributed by atoms with Gasteiger partial charge >= 0.3 is 0 Å². The van der Waals surface area contributed by atoms with Crippen LogP contribution in [0.4, 0.5) is 0 Å². The van der Waals surface area contributed by atoms with Gasteiger partial charge in [0.25, 0.3) is 0 Å². The van der Waals surface area contributed by atoms with Crippen LogP contribution in [0.3, 0.4) is 0 Å². The largest absolute Gasteiger partial charge is 0.319 e. The van der Waals surface area contributed by atoms with Gasteiger partial charge in [-0.1, -0.05) is 0 Å². The summed E-state index contributed by atoms with van der Waals surface area (Å²) >= 11 is 0. The Labute approximate surface area is 89.3 Å². The SMILES string of the molecule is O=C(C=CN1CCCC1=O)[C@@H]1CCCN1. The molecule has 0 bridgehead atoms. The smallest absolute Gasteiger partial charge is 0.226 e. The fourth-order valence-electron chi connectivity index (χ4n) is 2.03. The second-order valence-corrected chi connectivity index (χ2v) is 4.06. The van der Waals surface area contributed by atoms with Crippen LogP contribution in [-0.2, 0) is 9.59 Å². The molecule has 1 amide bonds. The molecule has 0 aromatic carbocycles. The molecule has 1 atom stereocenters. The van der Waals surface area contributed by atoms with Crippen LogP contribution in [0.25, 0.3) is 0 Å². The molecular weight excluding hydrogens is 192 g/mol. The van der Waals surface area contributed by atoms with Gasteiger partial charge in [0.05, 0.1) is 6.04 Å². The summed E-state index contributed by atoms with van der Waals surface area (Å²) in [5.41, 5.74) is 0. The fraction of sp³-hybridized carbons (Fsp3) is 0.636. The maximum Gasteiger partial charge on any atom is 0.226 e. The van der Waals surface area contributed by atoms with E-state index in [1.165, 1.54) is 6.08 Å². The molecule has 4 heteroatoms. The summed E-state index contributed by atoms with van der Waals surface area (Å²) in [6.45, 7) is 1.67. The van der Waals surface area contributed by atoms with Gasteiger partial charge in [-0.05, 0) is 31.9 Å². The van der Waals surface area contributed by atoms with Gasteiger partial charge in [0.2, 0.25) is 5.91 Å². The van der Waals surface area contributed by atoms with Gasteiger partial charge in [-0.2, -0.15) is 0 Å². The van der Waals surface area contributed by atoms with E-state index in [0.29, 0.717) is 6.42 Å². The standard InChI is InChI=1S/C11H16N2O2/c14-10(9-3-1-6-12-9)5-8-13-7-2-4-11(13)15/h5,8-9,12H,1-4,6-7H2/t9-/m0/s1. The van der Waals surface area contributed by atoms with Crippen LogP contribution in [0.2, 0.25) is 0 Å². The minimum atomic E-state index is -0.0287. The Bertz CT molecular complexity index is 293. The molecule has 2 aliphatic heterocycles. The lowest BCUT2D eigenvalue weighted by Gasteiger charge is -2.09. The van der Waals surface area contributed by atoms with Crippen molar-refractivity contribution in [2.24, 2.45) is 0 Å². The van der Waals surface area contributed by atoms with E-state index in [-0.39, 0.29) is 17.7 Å². The molecule has 2 aliphatic rings. The normalized spacial score (nSPS) is 26.8. The van der Waals surface area contributed by atoms with Gasteiger partial charge in [-0.15, -0.1) is 0 Å². The number of likely N-dealkylation sites (tertiary alicyclic amines) is 1. The van der Waals surface area contributed by atoms with E-state index in [0.717, 1.165) is 32.4 Å². The number of amides is 1. The summed E-state index contributed by atoms with van der Waals surface area (Å²) in [5.74, 6) is 0.214. The summed E-state index contributed by atoms with van der Waals surface area (Å²) in [4.78, 5) is 24.5. The second-order valence-electron chi connectivity index (χ2n) is 4.06.